The van der Waals surface area contributed by atoms with Gasteiger partial charge in [0.15, 0.2) is 5.96 Å². The van der Waals surface area contributed by atoms with Crippen LogP contribution in [0.5, 0.6) is 0 Å². The molecule has 1 aromatic carbocycles. The van der Waals surface area contributed by atoms with Crippen molar-refractivity contribution in [1.82, 2.24) is 25.8 Å². The Labute approximate surface area is 156 Å². The van der Waals surface area contributed by atoms with Crippen LogP contribution < -0.4 is 10.6 Å². The number of aromatic amines is 2. The quantitative estimate of drug-likeness (QED) is 0.279. The van der Waals surface area contributed by atoms with Crippen molar-refractivity contribution in [2.24, 2.45) is 4.99 Å². The molecule has 4 N–H and O–H groups in total. The van der Waals surface area contributed by atoms with Crippen LogP contribution in [-0.2, 0) is 13.0 Å². The molecule has 2 heterocycles. The Morgan fingerprint density at radius 2 is 2.17 bits per heavy atom. The monoisotopic (exact) mass is 442 g/mol. The average Bonchev–Trinajstić information content (AvgIpc) is 3.20. The topological polar surface area (TPSA) is 80.9 Å². The fourth-order valence-electron chi connectivity index (χ4n) is 2.46. The zero-order valence-corrected chi connectivity index (χ0v) is 15.6. The Hall–Kier alpha value is -2.10. The van der Waals surface area contributed by atoms with Gasteiger partial charge in [-0.15, -0.1) is 24.0 Å². The molecular weight excluding hydrogens is 422 g/mol. The molecule has 128 valence electrons. The van der Waals surface area contributed by atoms with Gasteiger partial charge in [0.2, 0.25) is 0 Å². The number of nitrogens with one attached hydrogen (secondary N) is 4. The molecule has 2 aromatic heterocycles. The standard InChI is InChI=1S/C16H19FN6.HI/c1-18-16(21-10-13-5-7-22-23-13)19-6-4-11-9-20-15-3-2-12(17)8-14(11)15;/h2-3,5,7-9,20H,4,6,10H2,1H3,(H,22,23)(H2,18,19,21);1H. The van der Waals surface area contributed by atoms with Crippen molar-refractivity contribution in [3.63, 3.8) is 0 Å². The molecule has 0 unspecified atom stereocenters. The van der Waals surface area contributed by atoms with Crippen molar-refractivity contribution in [2.75, 3.05) is 13.6 Å². The van der Waals surface area contributed by atoms with E-state index >= 15 is 0 Å². The number of guanidine groups is 1. The predicted octanol–water partition coefficient (Wildman–Crippen LogP) is 2.56. The highest BCUT2D eigenvalue weighted by atomic mass is 127. The lowest BCUT2D eigenvalue weighted by Crippen LogP contribution is -2.37. The van der Waals surface area contributed by atoms with E-state index < -0.39 is 0 Å². The molecule has 0 aliphatic heterocycles. The van der Waals surface area contributed by atoms with Gasteiger partial charge in [-0.3, -0.25) is 10.1 Å². The Kier molecular flexibility index (Phi) is 6.59. The number of H-pyrrole nitrogens is 2. The molecular formula is C16H20FIN6. The van der Waals surface area contributed by atoms with Gasteiger partial charge in [-0.1, -0.05) is 0 Å². The van der Waals surface area contributed by atoms with E-state index in [-0.39, 0.29) is 29.8 Å². The first-order valence-electron chi connectivity index (χ1n) is 7.44. The number of halogens is 2. The molecule has 0 spiro atoms. The van der Waals surface area contributed by atoms with Crippen molar-refractivity contribution < 1.29 is 4.39 Å². The molecule has 0 aliphatic carbocycles. The molecule has 0 fully saturated rings. The van der Waals surface area contributed by atoms with Crippen LogP contribution in [-0.4, -0.2) is 34.7 Å². The minimum atomic E-state index is -0.219. The second kappa shape index (κ2) is 8.67. The van der Waals surface area contributed by atoms with Crippen molar-refractivity contribution >= 4 is 40.8 Å². The summed E-state index contributed by atoms with van der Waals surface area (Å²) in [4.78, 5) is 7.33. The van der Waals surface area contributed by atoms with Crippen LogP contribution >= 0.6 is 24.0 Å². The molecule has 0 saturated carbocycles. The predicted molar refractivity (Wildman–Crippen MR) is 104 cm³/mol. The lowest BCUT2D eigenvalue weighted by Gasteiger charge is -2.10. The van der Waals surface area contributed by atoms with E-state index in [1.165, 1.54) is 6.07 Å². The summed E-state index contributed by atoms with van der Waals surface area (Å²) in [6.07, 6.45) is 4.41. The molecule has 8 heteroatoms. The highest BCUT2D eigenvalue weighted by Crippen LogP contribution is 2.19. The van der Waals surface area contributed by atoms with Crippen LogP contribution in [0.3, 0.4) is 0 Å². The van der Waals surface area contributed by atoms with Crippen LogP contribution in [0.2, 0.25) is 0 Å². The number of fused-ring (bicyclic) bond motifs is 1. The van der Waals surface area contributed by atoms with Crippen LogP contribution in [0.4, 0.5) is 4.39 Å². The lowest BCUT2D eigenvalue weighted by atomic mass is 10.1. The van der Waals surface area contributed by atoms with Gasteiger partial charge in [-0.2, -0.15) is 5.10 Å². The summed E-state index contributed by atoms with van der Waals surface area (Å²) < 4.78 is 13.4. The van der Waals surface area contributed by atoms with E-state index in [2.05, 4.69) is 30.8 Å². The van der Waals surface area contributed by atoms with E-state index in [0.29, 0.717) is 19.0 Å². The summed E-state index contributed by atoms with van der Waals surface area (Å²) in [5.74, 6) is 0.494. The third kappa shape index (κ3) is 4.47. The number of hydrogen-bond donors (Lipinski definition) is 4. The van der Waals surface area contributed by atoms with Crippen LogP contribution in [0.1, 0.15) is 11.3 Å². The molecule has 0 saturated heterocycles. The van der Waals surface area contributed by atoms with Gasteiger partial charge in [0.25, 0.3) is 0 Å². The number of aromatic nitrogens is 3. The average molecular weight is 442 g/mol. The molecule has 3 aromatic rings. The Bertz CT molecular complexity index is 796. The highest BCUT2D eigenvalue weighted by molar-refractivity contribution is 14.0. The summed E-state index contributed by atoms with van der Waals surface area (Å²) in [6, 6.07) is 6.68. The largest absolute Gasteiger partial charge is 0.361 e. The van der Waals surface area contributed by atoms with Gasteiger partial charge in [-0.05, 0) is 36.2 Å². The van der Waals surface area contributed by atoms with E-state index in [1.54, 1.807) is 25.4 Å². The molecule has 0 aliphatic rings. The highest BCUT2D eigenvalue weighted by Gasteiger charge is 2.05. The zero-order valence-electron chi connectivity index (χ0n) is 13.3. The fraction of sp³-hybridized carbons (Fsp3) is 0.250. The number of rotatable bonds is 5. The SMILES string of the molecule is CN=C(NCCc1c[nH]c2ccc(F)cc12)NCc1ccn[nH]1.I. The number of benzene rings is 1. The molecule has 0 amide bonds. The van der Waals surface area contributed by atoms with Crippen molar-refractivity contribution in [3.8, 4) is 0 Å². The minimum Gasteiger partial charge on any atom is -0.361 e. The van der Waals surface area contributed by atoms with Crippen LogP contribution in [0.15, 0.2) is 41.7 Å². The molecule has 6 nitrogen and oxygen atoms in total. The third-order valence-electron chi connectivity index (χ3n) is 3.64. The summed E-state index contributed by atoms with van der Waals surface area (Å²) >= 11 is 0. The van der Waals surface area contributed by atoms with Gasteiger partial charge in [0, 0.05) is 36.9 Å². The van der Waals surface area contributed by atoms with E-state index in [1.807, 2.05) is 12.3 Å². The normalized spacial score (nSPS) is 11.3. The van der Waals surface area contributed by atoms with Crippen molar-refractivity contribution in [3.05, 3.63) is 53.7 Å². The Morgan fingerprint density at radius 3 is 2.92 bits per heavy atom. The summed E-state index contributed by atoms with van der Waals surface area (Å²) in [5.41, 5.74) is 3.01. The van der Waals surface area contributed by atoms with Gasteiger partial charge in [-0.25, -0.2) is 4.39 Å². The molecule has 24 heavy (non-hydrogen) atoms. The minimum absolute atomic E-state index is 0. The van der Waals surface area contributed by atoms with E-state index in [0.717, 1.165) is 28.6 Å². The molecule has 3 rings (SSSR count). The number of nitrogens with zero attached hydrogens (tertiary/aromatic N) is 2. The maximum Gasteiger partial charge on any atom is 0.191 e. The second-order valence-electron chi connectivity index (χ2n) is 5.19. The van der Waals surface area contributed by atoms with Crippen molar-refractivity contribution in [1.29, 1.82) is 0 Å². The van der Waals surface area contributed by atoms with Crippen LogP contribution in [0.25, 0.3) is 10.9 Å². The van der Waals surface area contributed by atoms with Gasteiger partial charge < -0.3 is 15.6 Å². The number of aliphatic imine (C=N–C) groups is 1. The first kappa shape index (κ1) is 18.2. The molecule has 0 bridgehead atoms. The molecule has 0 radical (unpaired) electrons. The first-order chi connectivity index (χ1) is 11.3. The molecule has 0 atom stereocenters. The van der Waals surface area contributed by atoms with Gasteiger partial charge >= 0.3 is 0 Å². The van der Waals surface area contributed by atoms with E-state index in [4.69, 9.17) is 0 Å². The Balaban J connectivity index is 0.00000208. The maximum atomic E-state index is 13.4. The van der Waals surface area contributed by atoms with Crippen LogP contribution in [0, 0.1) is 5.82 Å². The Morgan fingerprint density at radius 1 is 1.29 bits per heavy atom. The van der Waals surface area contributed by atoms with Gasteiger partial charge in [0.05, 0.1) is 12.2 Å². The fourth-order valence-corrected chi connectivity index (χ4v) is 2.46. The zero-order chi connectivity index (χ0) is 16.1. The third-order valence-corrected chi connectivity index (χ3v) is 3.64. The smallest absolute Gasteiger partial charge is 0.191 e. The number of hydrogen-bond acceptors (Lipinski definition) is 2. The second-order valence-corrected chi connectivity index (χ2v) is 5.19. The first-order valence-corrected chi connectivity index (χ1v) is 7.44. The van der Waals surface area contributed by atoms with E-state index in [9.17, 15) is 4.39 Å². The van der Waals surface area contributed by atoms with Crippen molar-refractivity contribution in [2.45, 2.75) is 13.0 Å². The summed E-state index contributed by atoms with van der Waals surface area (Å²) in [7, 11) is 1.73. The lowest BCUT2D eigenvalue weighted by molar-refractivity contribution is 0.629. The van der Waals surface area contributed by atoms with Gasteiger partial charge in [0.1, 0.15) is 5.82 Å². The summed E-state index contributed by atoms with van der Waals surface area (Å²) in [5, 5.41) is 14.2. The maximum absolute atomic E-state index is 13.4. The summed E-state index contributed by atoms with van der Waals surface area (Å²) in [6.45, 7) is 1.32.